The zero-order valence-electron chi connectivity index (χ0n) is 26.6. The molecule has 0 spiro atoms. The van der Waals surface area contributed by atoms with Crippen molar-refractivity contribution in [3.8, 4) is 0 Å². The highest BCUT2D eigenvalue weighted by atomic mass is 19.4. The van der Waals surface area contributed by atoms with Gasteiger partial charge in [-0.25, -0.2) is 4.79 Å². The number of carboxylic acid groups (broad SMARTS) is 1. The topological polar surface area (TPSA) is 102 Å². The molecule has 2 aliphatic heterocycles. The Kier molecular flexibility index (Phi) is 13.2. The number of carboxylic acids is 1. The molecule has 2 atom stereocenters. The quantitative estimate of drug-likeness (QED) is 0.321. The lowest BCUT2D eigenvalue weighted by Gasteiger charge is -2.31. The number of quaternary nitrogens is 2. The second-order valence-electron chi connectivity index (χ2n) is 12.4. The van der Waals surface area contributed by atoms with Gasteiger partial charge >= 0.3 is 12.2 Å². The molecule has 2 heterocycles. The van der Waals surface area contributed by atoms with Crippen LogP contribution in [0.15, 0.2) is 77.5 Å². The zero-order valence-corrected chi connectivity index (χ0v) is 26.6. The maximum atomic E-state index is 12.9. The minimum Gasteiger partial charge on any atom is -0.542 e. The van der Waals surface area contributed by atoms with Gasteiger partial charge in [0, 0.05) is 43.7 Å². The fraction of sp³-hybridized carbons (Fsp3) is 0.514. The minimum atomic E-state index is -5.19. The summed E-state index contributed by atoms with van der Waals surface area (Å²) in [4.78, 5) is 23.3. The van der Waals surface area contributed by atoms with Gasteiger partial charge in [0.1, 0.15) is 23.9 Å². The lowest BCUT2D eigenvalue weighted by atomic mass is 9.91. The number of carbonyl (C=O) groups is 2. The van der Waals surface area contributed by atoms with Gasteiger partial charge in [-0.2, -0.15) is 18.2 Å². The molecule has 2 aromatic rings. The minimum absolute atomic E-state index is 0.00780. The standard InChI is InChI=1S/C33H45N5O.C2HF3O2/c1-2-38-32(25-30(36-38)24-26-12-6-3-7-13-26)28-18-21-37(22-19-28)23-20-31(27-14-8-4-9-15-27)35-33(39)34-29-16-10-5-11-17-29;3-2(4,5)1(6)7/h3-4,6-9,12-15,25,28-29,31H,2,5,10-11,16-24H2,1H3,(H2,34,35,39);(H,6,7)/p+1/t31-;/m0./s1. The molecule has 0 aromatic heterocycles. The number of nitrogens with zero attached hydrogens (tertiary/aromatic N) is 1. The maximum Gasteiger partial charge on any atom is 0.430 e. The van der Waals surface area contributed by atoms with Crippen molar-refractivity contribution in [2.45, 2.75) is 83.0 Å². The molecular weight excluding hydrogens is 595 g/mol. The van der Waals surface area contributed by atoms with Crippen molar-refractivity contribution in [3.05, 3.63) is 83.6 Å². The number of amides is 2. The third kappa shape index (κ3) is 11.0. The molecule has 2 fully saturated rings. The summed E-state index contributed by atoms with van der Waals surface area (Å²) in [6, 6.07) is 21.5. The van der Waals surface area contributed by atoms with Crippen LogP contribution in [0.2, 0.25) is 0 Å². The van der Waals surface area contributed by atoms with Gasteiger partial charge < -0.3 is 25.4 Å². The fourth-order valence-corrected chi connectivity index (χ4v) is 6.64. The van der Waals surface area contributed by atoms with E-state index in [1.165, 1.54) is 72.7 Å². The molecular formula is C35H47F3N5O3+. The number of halogens is 3. The molecule has 2 aromatic carbocycles. The highest BCUT2D eigenvalue weighted by Gasteiger charge is 2.34. The number of carbonyl (C=O) groups excluding carboxylic acids is 2. The van der Waals surface area contributed by atoms with Gasteiger partial charge in [0.15, 0.2) is 0 Å². The summed E-state index contributed by atoms with van der Waals surface area (Å²) in [5.74, 6) is -2.39. The Hall–Kier alpha value is -3.70. The second-order valence-corrected chi connectivity index (χ2v) is 12.4. The number of urea groups is 1. The van der Waals surface area contributed by atoms with Crippen LogP contribution in [0.5, 0.6) is 0 Å². The molecule has 1 saturated heterocycles. The van der Waals surface area contributed by atoms with Gasteiger partial charge in [-0.05, 0) is 30.9 Å². The summed E-state index contributed by atoms with van der Waals surface area (Å²) >= 11 is 0. The Labute approximate surface area is 269 Å². The Morgan fingerprint density at radius 1 is 0.957 bits per heavy atom. The number of hydrogen-bond donors (Lipinski definition) is 4. The Balaban J connectivity index is 0.000000617. The van der Waals surface area contributed by atoms with Crippen molar-refractivity contribution in [3.63, 3.8) is 0 Å². The van der Waals surface area contributed by atoms with Crippen molar-refractivity contribution in [1.82, 2.24) is 10.6 Å². The van der Waals surface area contributed by atoms with Gasteiger partial charge in [0.25, 0.3) is 0 Å². The second kappa shape index (κ2) is 17.3. The number of allylic oxidation sites excluding steroid dienone is 2. The Morgan fingerprint density at radius 2 is 1.57 bits per heavy atom. The molecule has 11 heteroatoms. The van der Waals surface area contributed by atoms with Crippen molar-refractivity contribution in [2.75, 3.05) is 26.2 Å². The molecule has 250 valence electrons. The van der Waals surface area contributed by atoms with Crippen LogP contribution in [-0.4, -0.2) is 56.1 Å². The van der Waals surface area contributed by atoms with Crippen LogP contribution < -0.4 is 25.6 Å². The number of likely N-dealkylation sites (tertiary alicyclic amines) is 1. The van der Waals surface area contributed by atoms with E-state index in [0.717, 1.165) is 38.8 Å². The highest BCUT2D eigenvalue weighted by Crippen LogP contribution is 2.21. The van der Waals surface area contributed by atoms with E-state index < -0.39 is 12.1 Å². The average Bonchev–Trinajstić information content (AvgIpc) is 3.47. The van der Waals surface area contributed by atoms with E-state index in [0.29, 0.717) is 12.0 Å². The van der Waals surface area contributed by atoms with Gasteiger partial charge in [0.2, 0.25) is 0 Å². The van der Waals surface area contributed by atoms with Crippen LogP contribution in [0.25, 0.3) is 0 Å². The SMILES string of the molecule is CC[NH+]1N=C(Cc2ccccc2)C=C1C1CC[NH+](CC[C@H](NC(=O)NC2CCCCC2)c2ccccc2)CC1.O=C([O-])C(F)(F)F. The summed E-state index contributed by atoms with van der Waals surface area (Å²) in [7, 11) is 0. The largest absolute Gasteiger partial charge is 0.542 e. The third-order valence-electron chi connectivity index (χ3n) is 9.10. The number of alkyl halides is 3. The first-order valence-corrected chi connectivity index (χ1v) is 16.5. The third-order valence-corrected chi connectivity index (χ3v) is 9.10. The summed E-state index contributed by atoms with van der Waals surface area (Å²) in [5, 5.41) is 21.7. The van der Waals surface area contributed by atoms with E-state index in [4.69, 9.17) is 15.0 Å². The first kappa shape index (κ1) is 35.2. The Bertz CT molecular complexity index is 1310. The van der Waals surface area contributed by atoms with Crippen molar-refractivity contribution in [1.29, 1.82) is 0 Å². The molecule has 8 nitrogen and oxygen atoms in total. The van der Waals surface area contributed by atoms with Crippen molar-refractivity contribution in [2.24, 2.45) is 11.0 Å². The molecule has 0 bridgehead atoms. The van der Waals surface area contributed by atoms with E-state index >= 15 is 0 Å². The molecule has 2 amide bonds. The van der Waals surface area contributed by atoms with Crippen LogP contribution in [-0.2, 0) is 11.2 Å². The van der Waals surface area contributed by atoms with Crippen LogP contribution >= 0.6 is 0 Å². The number of benzene rings is 2. The number of piperidine rings is 1. The van der Waals surface area contributed by atoms with Crippen molar-refractivity contribution < 1.29 is 37.8 Å². The summed E-state index contributed by atoms with van der Waals surface area (Å²) in [6.07, 6.45) is 7.45. The Morgan fingerprint density at radius 3 is 2.15 bits per heavy atom. The average molecular weight is 643 g/mol. The maximum absolute atomic E-state index is 12.9. The molecule has 5 rings (SSSR count). The van der Waals surface area contributed by atoms with E-state index in [1.807, 2.05) is 6.07 Å². The molecule has 3 aliphatic rings. The van der Waals surface area contributed by atoms with Gasteiger partial charge in [-0.3, -0.25) is 0 Å². The first-order chi connectivity index (χ1) is 22.1. The predicted octanol–water partition coefficient (Wildman–Crippen LogP) is 2.74. The number of aliphatic carboxylic acids is 1. The lowest BCUT2D eigenvalue weighted by Crippen LogP contribution is -3.13. The predicted molar refractivity (Wildman–Crippen MR) is 169 cm³/mol. The lowest BCUT2D eigenvalue weighted by molar-refractivity contribution is -0.910. The number of nitrogens with one attached hydrogen (secondary N) is 4. The molecule has 46 heavy (non-hydrogen) atoms. The van der Waals surface area contributed by atoms with Crippen LogP contribution in [0.3, 0.4) is 0 Å². The zero-order chi connectivity index (χ0) is 32.9. The molecule has 0 radical (unpaired) electrons. The van der Waals surface area contributed by atoms with E-state index in [9.17, 15) is 18.0 Å². The molecule has 4 N–H and O–H groups in total. The van der Waals surface area contributed by atoms with E-state index in [-0.39, 0.29) is 12.1 Å². The molecule has 1 unspecified atom stereocenters. The monoisotopic (exact) mass is 642 g/mol. The molecule has 1 aliphatic carbocycles. The normalized spacial score (nSPS) is 22.5. The van der Waals surface area contributed by atoms with Crippen LogP contribution in [0.1, 0.15) is 75.5 Å². The van der Waals surface area contributed by atoms with Gasteiger partial charge in [-0.1, -0.05) is 85.0 Å². The molecule has 1 saturated carbocycles. The summed E-state index contributed by atoms with van der Waals surface area (Å²) in [5.41, 5.74) is 5.24. The van der Waals surface area contributed by atoms with E-state index in [1.54, 1.807) is 4.90 Å². The van der Waals surface area contributed by atoms with Crippen molar-refractivity contribution >= 4 is 17.7 Å². The van der Waals surface area contributed by atoms with Crippen LogP contribution in [0.4, 0.5) is 18.0 Å². The fourth-order valence-electron chi connectivity index (χ4n) is 6.64. The highest BCUT2D eigenvalue weighted by molar-refractivity contribution is 5.97. The summed E-state index contributed by atoms with van der Waals surface area (Å²) < 4.78 is 31.5. The van der Waals surface area contributed by atoms with Gasteiger partial charge in [0.05, 0.1) is 25.7 Å². The number of hydrogen-bond acceptors (Lipinski definition) is 4. The smallest absolute Gasteiger partial charge is 0.430 e. The first-order valence-electron chi connectivity index (χ1n) is 16.5. The summed E-state index contributed by atoms with van der Waals surface area (Å²) in [6.45, 7) is 6.69. The van der Waals surface area contributed by atoms with E-state index in [2.05, 4.69) is 78.2 Å². The van der Waals surface area contributed by atoms with Crippen LogP contribution in [0, 0.1) is 5.92 Å². The van der Waals surface area contributed by atoms with Gasteiger partial charge in [-0.15, -0.1) is 0 Å². The number of rotatable bonds is 10.